The number of nitrogens with one attached hydrogen (secondary N) is 1. The number of carbonyl (C=O) groups is 2. The number of fused-ring (bicyclic) bond motifs is 1. The lowest BCUT2D eigenvalue weighted by molar-refractivity contribution is -0.151. The minimum atomic E-state index is -1.24. The van der Waals surface area contributed by atoms with Crippen molar-refractivity contribution in [2.45, 2.75) is 13.2 Å². The summed E-state index contributed by atoms with van der Waals surface area (Å²) in [6.07, 6.45) is -1.24. The van der Waals surface area contributed by atoms with E-state index in [4.69, 9.17) is 4.74 Å². The van der Waals surface area contributed by atoms with E-state index in [0.29, 0.717) is 11.4 Å². The third-order valence-electron chi connectivity index (χ3n) is 3.37. The molecule has 5 nitrogen and oxygen atoms in total. The monoisotopic (exact) mass is 450 g/mol. The standard InChI is InChI=1S/C17H12Br2N2O3/c1-9(22)24-17-16(23)20-14-7-6-10(18)8-12(14)15(21-17)11-4-2-3-5-13(11)19/h2-8,17H,1H3,(H,20,23). The van der Waals surface area contributed by atoms with Crippen molar-refractivity contribution < 1.29 is 14.3 Å². The molecule has 1 N–H and O–H groups in total. The molecule has 0 radical (unpaired) electrons. The van der Waals surface area contributed by atoms with Crippen LogP contribution in [0.15, 0.2) is 56.4 Å². The van der Waals surface area contributed by atoms with Gasteiger partial charge >= 0.3 is 5.97 Å². The van der Waals surface area contributed by atoms with Crippen LogP contribution >= 0.6 is 31.9 Å². The maximum absolute atomic E-state index is 12.3. The first-order chi connectivity index (χ1) is 11.5. The zero-order chi connectivity index (χ0) is 17.3. The van der Waals surface area contributed by atoms with Crippen LogP contribution in [0.2, 0.25) is 0 Å². The molecule has 1 atom stereocenters. The fraction of sp³-hybridized carbons (Fsp3) is 0.118. The number of ether oxygens (including phenoxy) is 1. The summed E-state index contributed by atoms with van der Waals surface area (Å²) in [6.45, 7) is 1.25. The Bertz CT molecular complexity index is 865. The van der Waals surface area contributed by atoms with E-state index < -0.39 is 18.1 Å². The molecule has 24 heavy (non-hydrogen) atoms. The molecule has 1 unspecified atom stereocenters. The molecule has 7 heteroatoms. The quantitative estimate of drug-likeness (QED) is 0.704. The number of benzene rings is 2. The zero-order valence-electron chi connectivity index (χ0n) is 12.5. The predicted molar refractivity (Wildman–Crippen MR) is 98.1 cm³/mol. The highest BCUT2D eigenvalue weighted by molar-refractivity contribution is 9.10. The Morgan fingerprint density at radius 3 is 2.62 bits per heavy atom. The third-order valence-corrected chi connectivity index (χ3v) is 4.56. The van der Waals surface area contributed by atoms with Gasteiger partial charge in [0.15, 0.2) is 0 Å². The van der Waals surface area contributed by atoms with Gasteiger partial charge in [-0.25, -0.2) is 4.99 Å². The molecule has 0 aromatic heterocycles. The summed E-state index contributed by atoms with van der Waals surface area (Å²) in [5.74, 6) is -1.06. The lowest BCUT2D eigenvalue weighted by Gasteiger charge is -2.12. The molecule has 0 saturated carbocycles. The molecular weight excluding hydrogens is 440 g/mol. The first kappa shape index (κ1) is 16.9. The van der Waals surface area contributed by atoms with Crippen molar-refractivity contribution in [3.05, 3.63) is 62.5 Å². The smallest absolute Gasteiger partial charge is 0.305 e. The van der Waals surface area contributed by atoms with Gasteiger partial charge in [0, 0.05) is 27.0 Å². The van der Waals surface area contributed by atoms with Gasteiger partial charge in [0.2, 0.25) is 0 Å². The molecule has 0 aliphatic carbocycles. The van der Waals surface area contributed by atoms with Crippen LogP contribution in [0.4, 0.5) is 5.69 Å². The van der Waals surface area contributed by atoms with Crippen LogP contribution in [-0.4, -0.2) is 23.8 Å². The van der Waals surface area contributed by atoms with E-state index in [-0.39, 0.29) is 0 Å². The highest BCUT2D eigenvalue weighted by Crippen LogP contribution is 2.30. The van der Waals surface area contributed by atoms with Crippen molar-refractivity contribution in [2.75, 3.05) is 5.32 Å². The largest absolute Gasteiger partial charge is 0.430 e. The van der Waals surface area contributed by atoms with Gasteiger partial charge in [0.25, 0.3) is 12.1 Å². The van der Waals surface area contributed by atoms with E-state index in [9.17, 15) is 9.59 Å². The fourth-order valence-electron chi connectivity index (χ4n) is 2.37. The van der Waals surface area contributed by atoms with Crippen LogP contribution in [0.5, 0.6) is 0 Å². The van der Waals surface area contributed by atoms with Crippen LogP contribution in [0, 0.1) is 0 Å². The van der Waals surface area contributed by atoms with E-state index in [0.717, 1.165) is 20.1 Å². The van der Waals surface area contributed by atoms with Crippen molar-refractivity contribution >= 4 is 55.1 Å². The van der Waals surface area contributed by atoms with Crippen LogP contribution in [0.25, 0.3) is 0 Å². The molecule has 0 bridgehead atoms. The summed E-state index contributed by atoms with van der Waals surface area (Å²) in [4.78, 5) is 28.1. The van der Waals surface area contributed by atoms with E-state index in [1.807, 2.05) is 36.4 Å². The van der Waals surface area contributed by atoms with Crippen LogP contribution < -0.4 is 5.32 Å². The molecule has 1 aliphatic heterocycles. The number of halogens is 2. The molecule has 1 heterocycles. The molecule has 0 fully saturated rings. The maximum atomic E-state index is 12.3. The van der Waals surface area contributed by atoms with Gasteiger partial charge < -0.3 is 10.1 Å². The maximum Gasteiger partial charge on any atom is 0.305 e. The number of aliphatic imine (C=N–C) groups is 1. The van der Waals surface area contributed by atoms with Crippen molar-refractivity contribution in [3.8, 4) is 0 Å². The van der Waals surface area contributed by atoms with Gasteiger partial charge in [-0.3, -0.25) is 9.59 Å². The average molecular weight is 452 g/mol. The molecular formula is C17H12Br2N2O3. The second kappa shape index (κ2) is 6.86. The highest BCUT2D eigenvalue weighted by atomic mass is 79.9. The first-order valence-corrected chi connectivity index (χ1v) is 8.65. The molecule has 0 spiro atoms. The number of anilines is 1. The summed E-state index contributed by atoms with van der Waals surface area (Å²) in [5, 5.41) is 2.76. The average Bonchev–Trinajstić information content (AvgIpc) is 2.65. The fourth-order valence-corrected chi connectivity index (χ4v) is 3.20. The minimum absolute atomic E-state index is 0.490. The van der Waals surface area contributed by atoms with Gasteiger partial charge in [0.1, 0.15) is 0 Å². The van der Waals surface area contributed by atoms with E-state index in [1.165, 1.54) is 6.92 Å². The Morgan fingerprint density at radius 1 is 1.17 bits per heavy atom. The summed E-state index contributed by atoms with van der Waals surface area (Å²) >= 11 is 6.95. The van der Waals surface area contributed by atoms with Crippen molar-refractivity contribution in [1.29, 1.82) is 0 Å². The van der Waals surface area contributed by atoms with Crippen molar-refractivity contribution in [1.82, 2.24) is 0 Å². The van der Waals surface area contributed by atoms with Gasteiger partial charge in [0.05, 0.1) is 11.4 Å². The molecule has 1 amide bonds. The Labute approximate surface area is 155 Å². The van der Waals surface area contributed by atoms with Gasteiger partial charge in [-0.1, -0.05) is 50.1 Å². The molecule has 2 aromatic rings. The summed E-state index contributed by atoms with van der Waals surface area (Å²) in [5.41, 5.74) is 2.69. The number of benzodiazepines with no additional fused rings is 1. The number of hydrogen-bond acceptors (Lipinski definition) is 4. The lowest BCUT2D eigenvalue weighted by atomic mass is 10.0. The molecule has 1 aliphatic rings. The molecule has 0 saturated heterocycles. The van der Waals surface area contributed by atoms with E-state index >= 15 is 0 Å². The summed E-state index contributed by atoms with van der Waals surface area (Å²) in [7, 11) is 0. The van der Waals surface area contributed by atoms with Crippen molar-refractivity contribution in [2.24, 2.45) is 4.99 Å². The molecule has 3 rings (SSSR count). The first-order valence-electron chi connectivity index (χ1n) is 7.06. The zero-order valence-corrected chi connectivity index (χ0v) is 15.7. The minimum Gasteiger partial charge on any atom is -0.430 e. The van der Waals surface area contributed by atoms with Crippen LogP contribution in [0.3, 0.4) is 0 Å². The van der Waals surface area contributed by atoms with E-state index in [2.05, 4.69) is 42.2 Å². The van der Waals surface area contributed by atoms with Crippen LogP contribution in [-0.2, 0) is 14.3 Å². The topological polar surface area (TPSA) is 67.8 Å². The van der Waals surface area contributed by atoms with Crippen LogP contribution in [0.1, 0.15) is 18.1 Å². The second-order valence-corrected chi connectivity index (χ2v) is 6.87. The normalized spacial score (nSPS) is 16.5. The summed E-state index contributed by atoms with van der Waals surface area (Å²) < 4.78 is 6.74. The second-order valence-electron chi connectivity index (χ2n) is 5.10. The Balaban J connectivity index is 2.23. The predicted octanol–water partition coefficient (Wildman–Crippen LogP) is 3.89. The lowest BCUT2D eigenvalue weighted by Crippen LogP contribution is -2.29. The number of carbonyl (C=O) groups excluding carboxylic acids is 2. The number of amides is 1. The van der Waals surface area contributed by atoms with E-state index in [1.54, 1.807) is 6.07 Å². The number of hydrogen-bond donors (Lipinski definition) is 1. The molecule has 122 valence electrons. The highest BCUT2D eigenvalue weighted by Gasteiger charge is 2.28. The Hall–Kier alpha value is -1.99. The molecule has 2 aromatic carbocycles. The van der Waals surface area contributed by atoms with Gasteiger partial charge in [-0.2, -0.15) is 0 Å². The third kappa shape index (κ3) is 3.42. The Kier molecular flexibility index (Phi) is 4.82. The van der Waals surface area contributed by atoms with Gasteiger partial charge in [-0.15, -0.1) is 0 Å². The van der Waals surface area contributed by atoms with Gasteiger partial charge in [-0.05, 0) is 24.3 Å². The Morgan fingerprint density at radius 2 is 1.92 bits per heavy atom. The number of esters is 1. The SMILES string of the molecule is CC(=O)OC1N=C(c2ccccc2Br)c2cc(Br)ccc2NC1=O. The summed E-state index contributed by atoms with van der Waals surface area (Å²) in [6, 6.07) is 13.0. The van der Waals surface area contributed by atoms with Crippen molar-refractivity contribution in [3.63, 3.8) is 0 Å². The number of rotatable bonds is 2. The number of nitrogens with zero attached hydrogens (tertiary/aromatic N) is 1.